The molecule has 112 valence electrons. The summed E-state index contributed by atoms with van der Waals surface area (Å²) in [6, 6.07) is 5.33. The molecule has 0 radical (unpaired) electrons. The van der Waals surface area contributed by atoms with Crippen molar-refractivity contribution < 1.29 is 4.74 Å². The molecule has 0 aliphatic heterocycles. The molecule has 1 N–H and O–H groups in total. The van der Waals surface area contributed by atoms with Crippen LogP contribution in [0, 0.1) is 9.49 Å². The monoisotopic (exact) mass is 418 g/mol. The number of hydrogen-bond donors (Lipinski definition) is 1. The second-order valence-corrected chi connectivity index (χ2v) is 6.61. The van der Waals surface area contributed by atoms with Crippen LogP contribution in [0.4, 0.5) is 0 Å². The van der Waals surface area contributed by atoms with Gasteiger partial charge in [0.2, 0.25) is 0 Å². The molecule has 0 aliphatic rings. The van der Waals surface area contributed by atoms with E-state index in [0.717, 1.165) is 17.7 Å². The zero-order chi connectivity index (χ0) is 15.6. The Morgan fingerprint density at radius 1 is 1.43 bits per heavy atom. The number of methoxy groups -OCH3 is 1. The normalized spacial score (nSPS) is 11.0. The molecule has 0 atom stereocenters. The summed E-state index contributed by atoms with van der Waals surface area (Å²) in [5.74, 6) is 1.55. The summed E-state index contributed by atoms with van der Waals surface area (Å²) in [5.41, 5.74) is 1.46. The van der Waals surface area contributed by atoms with E-state index in [2.05, 4.69) is 23.8 Å². The fourth-order valence-corrected chi connectivity index (χ4v) is 2.71. The van der Waals surface area contributed by atoms with E-state index in [-0.39, 0.29) is 5.56 Å². The average molecular weight is 419 g/mol. The molecule has 1 aromatic carbocycles. The van der Waals surface area contributed by atoms with Crippen molar-refractivity contribution in [2.45, 2.75) is 20.3 Å². The van der Waals surface area contributed by atoms with E-state index in [1.807, 2.05) is 28.7 Å². The van der Waals surface area contributed by atoms with Gasteiger partial charge < -0.3 is 9.72 Å². The third-order valence-corrected chi connectivity index (χ3v) is 4.37. The maximum atomic E-state index is 12.1. The average Bonchev–Trinajstić information content (AvgIpc) is 2.43. The second kappa shape index (κ2) is 6.79. The second-order valence-electron chi connectivity index (χ2n) is 5.12. The molecule has 0 saturated heterocycles. The van der Waals surface area contributed by atoms with Gasteiger partial charge in [0.05, 0.1) is 21.4 Å². The smallest absolute Gasteiger partial charge is 0.264 e. The lowest BCUT2D eigenvalue weighted by Gasteiger charge is -2.10. The molecule has 6 heteroatoms. The maximum Gasteiger partial charge on any atom is 0.264 e. The molecule has 0 aliphatic carbocycles. The van der Waals surface area contributed by atoms with Crippen LogP contribution in [0.3, 0.4) is 0 Å². The molecule has 0 spiro atoms. The van der Waals surface area contributed by atoms with Crippen molar-refractivity contribution in [2.24, 2.45) is 5.92 Å². The third-order valence-electron chi connectivity index (χ3n) is 2.96. The Morgan fingerprint density at radius 3 is 2.71 bits per heavy atom. The number of ether oxygens (including phenoxy) is 1. The van der Waals surface area contributed by atoms with Gasteiger partial charge in [-0.25, -0.2) is 4.98 Å². The molecule has 4 nitrogen and oxygen atoms in total. The van der Waals surface area contributed by atoms with E-state index in [1.165, 1.54) is 0 Å². The van der Waals surface area contributed by atoms with Crippen molar-refractivity contribution in [3.63, 3.8) is 0 Å². The van der Waals surface area contributed by atoms with E-state index in [9.17, 15) is 4.79 Å². The number of aromatic amines is 1. The Hall–Kier alpha value is -1.08. The van der Waals surface area contributed by atoms with Gasteiger partial charge in [0, 0.05) is 5.56 Å². The molecule has 0 amide bonds. The van der Waals surface area contributed by atoms with Crippen LogP contribution in [0.15, 0.2) is 23.0 Å². The highest BCUT2D eigenvalue weighted by Gasteiger charge is 2.12. The largest absolute Gasteiger partial charge is 0.495 e. The minimum Gasteiger partial charge on any atom is -0.495 e. The molecular formula is C15H16ClIN2O2. The predicted molar refractivity (Wildman–Crippen MR) is 93.1 cm³/mol. The van der Waals surface area contributed by atoms with Crippen LogP contribution >= 0.6 is 34.2 Å². The summed E-state index contributed by atoms with van der Waals surface area (Å²) < 4.78 is 5.77. The fraction of sp³-hybridized carbons (Fsp3) is 0.333. The van der Waals surface area contributed by atoms with Crippen molar-refractivity contribution >= 4 is 34.2 Å². The van der Waals surface area contributed by atoms with Gasteiger partial charge in [-0.05, 0) is 53.1 Å². The Kier molecular flexibility index (Phi) is 5.27. The van der Waals surface area contributed by atoms with Crippen molar-refractivity contribution in [3.8, 4) is 17.1 Å². The van der Waals surface area contributed by atoms with Crippen molar-refractivity contribution in [3.05, 3.63) is 42.8 Å². The quantitative estimate of drug-likeness (QED) is 0.766. The van der Waals surface area contributed by atoms with Crippen molar-refractivity contribution in [2.75, 3.05) is 7.11 Å². The summed E-state index contributed by atoms with van der Waals surface area (Å²) in [7, 11) is 1.56. The Morgan fingerprint density at radius 2 is 2.14 bits per heavy atom. The van der Waals surface area contributed by atoms with Crippen LogP contribution in [0.1, 0.15) is 19.5 Å². The molecule has 0 unspecified atom stereocenters. The van der Waals surface area contributed by atoms with Gasteiger partial charge in [-0.2, -0.15) is 0 Å². The summed E-state index contributed by atoms with van der Waals surface area (Å²) >= 11 is 8.17. The lowest BCUT2D eigenvalue weighted by molar-refractivity contribution is 0.415. The van der Waals surface area contributed by atoms with Gasteiger partial charge in [0.15, 0.2) is 0 Å². The molecule has 0 fully saturated rings. The topological polar surface area (TPSA) is 55.0 Å². The van der Waals surface area contributed by atoms with Crippen LogP contribution < -0.4 is 10.3 Å². The van der Waals surface area contributed by atoms with Crippen LogP contribution in [-0.4, -0.2) is 17.1 Å². The number of nitrogens with zero attached hydrogens (tertiary/aromatic N) is 1. The van der Waals surface area contributed by atoms with Gasteiger partial charge in [-0.3, -0.25) is 4.79 Å². The lowest BCUT2D eigenvalue weighted by atomic mass is 10.1. The van der Waals surface area contributed by atoms with Gasteiger partial charge in [-0.15, -0.1) is 0 Å². The summed E-state index contributed by atoms with van der Waals surface area (Å²) in [4.78, 5) is 19.4. The molecule has 1 aromatic heterocycles. The Bertz CT molecular complexity index is 713. The number of rotatable bonds is 4. The first kappa shape index (κ1) is 16.3. The highest BCUT2D eigenvalue weighted by molar-refractivity contribution is 14.1. The minimum atomic E-state index is -0.122. The summed E-state index contributed by atoms with van der Waals surface area (Å²) in [5, 5.41) is 0.488. The molecule has 0 saturated carbocycles. The van der Waals surface area contributed by atoms with Crippen LogP contribution in [0.5, 0.6) is 5.75 Å². The lowest BCUT2D eigenvalue weighted by Crippen LogP contribution is -2.17. The van der Waals surface area contributed by atoms with Crippen LogP contribution in [0.2, 0.25) is 5.02 Å². The molecular weight excluding hydrogens is 403 g/mol. The van der Waals surface area contributed by atoms with Gasteiger partial charge >= 0.3 is 0 Å². The number of nitrogens with one attached hydrogen (secondary N) is 1. The van der Waals surface area contributed by atoms with E-state index >= 15 is 0 Å². The highest BCUT2D eigenvalue weighted by Crippen LogP contribution is 2.28. The molecule has 1 heterocycles. The van der Waals surface area contributed by atoms with Gasteiger partial charge in [-0.1, -0.05) is 25.4 Å². The summed E-state index contributed by atoms with van der Waals surface area (Å²) in [6.07, 6.45) is 0.763. The molecule has 2 rings (SSSR count). The number of benzene rings is 1. The first-order valence-electron chi connectivity index (χ1n) is 6.55. The number of aromatic nitrogens is 2. The van der Waals surface area contributed by atoms with E-state index in [1.54, 1.807) is 19.2 Å². The standard InChI is InChI=1S/C15H16ClIN2O2/c1-8(2)6-11-13(17)15(20)19-14(18-11)9-4-5-12(21-3)10(16)7-9/h4-5,7-8H,6H2,1-3H3,(H,18,19,20). The molecule has 21 heavy (non-hydrogen) atoms. The summed E-state index contributed by atoms with van der Waals surface area (Å²) in [6.45, 7) is 4.20. The van der Waals surface area contributed by atoms with Gasteiger partial charge in [0.25, 0.3) is 5.56 Å². The number of H-pyrrole nitrogens is 1. The zero-order valence-electron chi connectivity index (χ0n) is 12.0. The molecule has 2 aromatic rings. The van der Waals surface area contributed by atoms with Crippen molar-refractivity contribution in [1.29, 1.82) is 0 Å². The van der Waals surface area contributed by atoms with Crippen molar-refractivity contribution in [1.82, 2.24) is 9.97 Å². The first-order valence-corrected chi connectivity index (χ1v) is 8.00. The van der Waals surface area contributed by atoms with E-state index in [4.69, 9.17) is 16.3 Å². The Balaban J connectivity index is 2.51. The predicted octanol–water partition coefficient (Wildman–Crippen LogP) is 3.90. The zero-order valence-corrected chi connectivity index (χ0v) is 14.9. The SMILES string of the molecule is COc1ccc(-c2nc(CC(C)C)c(I)c(=O)[nH]2)cc1Cl. The fourth-order valence-electron chi connectivity index (χ4n) is 1.98. The van der Waals surface area contributed by atoms with Gasteiger partial charge in [0.1, 0.15) is 11.6 Å². The number of halogens is 2. The van der Waals surface area contributed by atoms with Crippen LogP contribution in [-0.2, 0) is 6.42 Å². The third kappa shape index (κ3) is 3.77. The van der Waals surface area contributed by atoms with E-state index in [0.29, 0.717) is 26.1 Å². The number of hydrogen-bond acceptors (Lipinski definition) is 3. The first-order chi connectivity index (χ1) is 9.92. The Labute approximate surface area is 142 Å². The molecule has 0 bridgehead atoms. The van der Waals surface area contributed by atoms with Crippen LogP contribution in [0.25, 0.3) is 11.4 Å². The minimum absolute atomic E-state index is 0.122. The highest BCUT2D eigenvalue weighted by atomic mass is 127. The van der Waals surface area contributed by atoms with E-state index < -0.39 is 0 Å². The maximum absolute atomic E-state index is 12.1.